The average Bonchev–Trinajstić information content (AvgIpc) is 2.39. The fourth-order valence-electron chi connectivity index (χ4n) is 2.34. The minimum atomic E-state index is 0.129. The van der Waals surface area contributed by atoms with E-state index in [2.05, 4.69) is 4.98 Å². The smallest absolute Gasteiger partial charge is 0.213 e. The number of pyridine rings is 1. The van der Waals surface area contributed by atoms with E-state index in [1.807, 2.05) is 37.1 Å². The molecule has 0 radical (unpaired) electrons. The van der Waals surface area contributed by atoms with E-state index in [1.165, 1.54) is 6.42 Å². The van der Waals surface area contributed by atoms with Crippen LogP contribution in [0.15, 0.2) is 18.3 Å². The van der Waals surface area contributed by atoms with Gasteiger partial charge in [-0.3, -0.25) is 4.79 Å². The summed E-state index contributed by atoms with van der Waals surface area (Å²) in [6.07, 6.45) is 6.18. The van der Waals surface area contributed by atoms with Crippen molar-refractivity contribution in [3.8, 4) is 5.88 Å². The van der Waals surface area contributed by atoms with Crippen LogP contribution in [0.4, 0.5) is 0 Å². The molecule has 0 aromatic carbocycles. The summed E-state index contributed by atoms with van der Waals surface area (Å²) in [5.41, 5.74) is 1.10. The molecule has 18 heavy (non-hydrogen) atoms. The highest BCUT2D eigenvalue weighted by molar-refractivity contribution is 5.49. The predicted molar refractivity (Wildman–Crippen MR) is 69.4 cm³/mol. The van der Waals surface area contributed by atoms with Crippen LogP contribution in [0.1, 0.15) is 44.7 Å². The fraction of sp³-hybridized carbons (Fsp3) is 0.571. The highest BCUT2D eigenvalue weighted by atomic mass is 16.5. The third-order valence-electron chi connectivity index (χ3n) is 3.18. The first-order valence-electron chi connectivity index (χ1n) is 6.54. The van der Waals surface area contributed by atoms with Gasteiger partial charge in [-0.2, -0.15) is 0 Å². The van der Waals surface area contributed by atoms with Crippen LogP contribution < -0.4 is 4.74 Å². The van der Waals surface area contributed by atoms with Gasteiger partial charge in [0.25, 0.3) is 0 Å². The summed E-state index contributed by atoms with van der Waals surface area (Å²) in [7, 11) is 0. The molecule has 0 aliphatic carbocycles. The topological polar surface area (TPSA) is 42.4 Å². The van der Waals surface area contributed by atoms with Gasteiger partial charge in [-0.05, 0) is 38.7 Å². The van der Waals surface area contributed by atoms with Gasteiger partial charge in [-0.25, -0.2) is 4.98 Å². The maximum absolute atomic E-state index is 11.0. The van der Waals surface area contributed by atoms with Crippen molar-refractivity contribution < 1.29 is 9.53 Å². The van der Waals surface area contributed by atoms with E-state index >= 15 is 0 Å². The molecule has 1 atom stereocenters. The lowest BCUT2D eigenvalue weighted by Gasteiger charge is -2.32. The van der Waals surface area contributed by atoms with Gasteiger partial charge in [0.2, 0.25) is 12.3 Å². The van der Waals surface area contributed by atoms with Gasteiger partial charge in [-0.15, -0.1) is 0 Å². The third-order valence-corrected chi connectivity index (χ3v) is 3.18. The molecule has 2 heterocycles. The largest absolute Gasteiger partial charge is 0.475 e. The minimum absolute atomic E-state index is 0.129. The number of amides is 1. The molecule has 98 valence electrons. The van der Waals surface area contributed by atoms with E-state index in [0.29, 0.717) is 5.88 Å². The van der Waals surface area contributed by atoms with Crippen molar-refractivity contribution in [2.75, 3.05) is 6.54 Å². The normalized spacial score (nSPS) is 19.9. The number of hydrogen-bond acceptors (Lipinski definition) is 3. The quantitative estimate of drug-likeness (QED) is 0.769. The van der Waals surface area contributed by atoms with Crippen molar-refractivity contribution >= 4 is 6.41 Å². The summed E-state index contributed by atoms with van der Waals surface area (Å²) in [6.45, 7) is 4.80. The second-order valence-corrected chi connectivity index (χ2v) is 4.95. The van der Waals surface area contributed by atoms with Crippen LogP contribution in [0.2, 0.25) is 0 Å². The number of carbonyl (C=O) groups is 1. The monoisotopic (exact) mass is 248 g/mol. The highest BCUT2D eigenvalue weighted by Crippen LogP contribution is 2.29. The molecular weight excluding hydrogens is 228 g/mol. The van der Waals surface area contributed by atoms with Crippen molar-refractivity contribution in [2.45, 2.75) is 45.3 Å². The van der Waals surface area contributed by atoms with Crippen LogP contribution in [0, 0.1) is 0 Å². The molecular formula is C14H20N2O2. The maximum atomic E-state index is 11.0. The lowest BCUT2D eigenvalue weighted by atomic mass is 9.97. The molecule has 1 aliphatic heterocycles. The molecule has 4 nitrogen and oxygen atoms in total. The molecule has 1 unspecified atom stereocenters. The number of aromatic nitrogens is 1. The predicted octanol–water partition coefficient (Wildman–Crippen LogP) is 2.55. The standard InChI is InChI=1S/C14H20N2O2/c1-11(2)18-14-7-6-12(9-15-14)13-5-3-4-8-16(13)10-17/h6-7,9-11,13H,3-5,8H2,1-2H3. The molecule has 1 aliphatic rings. The zero-order chi connectivity index (χ0) is 13.0. The molecule has 2 rings (SSSR count). The molecule has 0 N–H and O–H groups in total. The molecule has 4 heteroatoms. The van der Waals surface area contributed by atoms with Gasteiger partial charge >= 0.3 is 0 Å². The number of piperidine rings is 1. The summed E-state index contributed by atoms with van der Waals surface area (Å²) in [6, 6.07) is 4.07. The van der Waals surface area contributed by atoms with E-state index in [0.717, 1.165) is 31.4 Å². The van der Waals surface area contributed by atoms with Crippen LogP contribution in [0.5, 0.6) is 5.88 Å². The molecule has 1 amide bonds. The summed E-state index contributed by atoms with van der Waals surface area (Å²) >= 11 is 0. The Labute approximate surface area is 108 Å². The molecule has 0 spiro atoms. The van der Waals surface area contributed by atoms with Crippen molar-refractivity contribution in [3.63, 3.8) is 0 Å². The Bertz CT molecular complexity index is 389. The van der Waals surface area contributed by atoms with Crippen molar-refractivity contribution in [3.05, 3.63) is 23.9 Å². The Morgan fingerprint density at radius 3 is 2.89 bits per heavy atom. The van der Waals surface area contributed by atoms with Gasteiger partial charge in [0.1, 0.15) is 0 Å². The van der Waals surface area contributed by atoms with Crippen molar-refractivity contribution in [1.82, 2.24) is 9.88 Å². The number of ether oxygens (including phenoxy) is 1. The number of rotatable bonds is 4. The van der Waals surface area contributed by atoms with Crippen LogP contribution in [0.25, 0.3) is 0 Å². The first-order chi connectivity index (χ1) is 8.70. The maximum Gasteiger partial charge on any atom is 0.213 e. The van der Waals surface area contributed by atoms with E-state index in [1.54, 1.807) is 0 Å². The zero-order valence-corrected chi connectivity index (χ0v) is 11.0. The van der Waals surface area contributed by atoms with E-state index in [-0.39, 0.29) is 12.1 Å². The Morgan fingerprint density at radius 2 is 2.28 bits per heavy atom. The summed E-state index contributed by atoms with van der Waals surface area (Å²) in [5.74, 6) is 0.641. The van der Waals surface area contributed by atoms with Gasteiger partial charge in [0.05, 0.1) is 12.1 Å². The molecule has 1 aromatic heterocycles. The second kappa shape index (κ2) is 5.85. The zero-order valence-electron chi connectivity index (χ0n) is 11.0. The average molecular weight is 248 g/mol. The Balaban J connectivity index is 2.10. The molecule has 0 saturated carbocycles. The van der Waals surface area contributed by atoms with Crippen LogP contribution in [0.3, 0.4) is 0 Å². The molecule has 0 bridgehead atoms. The second-order valence-electron chi connectivity index (χ2n) is 4.95. The molecule has 1 saturated heterocycles. The SMILES string of the molecule is CC(C)Oc1ccc(C2CCCCN2C=O)cn1. The molecule has 1 aromatic rings. The first kappa shape index (κ1) is 12.9. The van der Waals surface area contributed by atoms with Gasteiger partial charge in [0, 0.05) is 18.8 Å². The number of nitrogens with zero attached hydrogens (tertiary/aromatic N) is 2. The number of carbonyl (C=O) groups excluding carboxylic acids is 1. The Hall–Kier alpha value is -1.58. The van der Waals surface area contributed by atoms with Gasteiger partial charge in [0.15, 0.2) is 0 Å². The summed E-state index contributed by atoms with van der Waals surface area (Å²) in [4.78, 5) is 17.2. The molecule has 1 fully saturated rings. The summed E-state index contributed by atoms with van der Waals surface area (Å²) in [5, 5.41) is 0. The Morgan fingerprint density at radius 1 is 1.44 bits per heavy atom. The van der Waals surface area contributed by atoms with E-state index in [9.17, 15) is 4.79 Å². The van der Waals surface area contributed by atoms with Crippen molar-refractivity contribution in [1.29, 1.82) is 0 Å². The van der Waals surface area contributed by atoms with Crippen LogP contribution >= 0.6 is 0 Å². The van der Waals surface area contributed by atoms with Gasteiger partial charge in [-0.1, -0.05) is 6.07 Å². The number of likely N-dealkylation sites (tertiary alicyclic amines) is 1. The highest BCUT2D eigenvalue weighted by Gasteiger charge is 2.22. The minimum Gasteiger partial charge on any atom is -0.475 e. The van der Waals surface area contributed by atoms with Crippen LogP contribution in [-0.2, 0) is 4.79 Å². The van der Waals surface area contributed by atoms with Gasteiger partial charge < -0.3 is 9.64 Å². The van der Waals surface area contributed by atoms with E-state index < -0.39 is 0 Å². The lowest BCUT2D eigenvalue weighted by Crippen LogP contribution is -2.32. The summed E-state index contributed by atoms with van der Waals surface area (Å²) < 4.78 is 5.52. The fourth-order valence-corrected chi connectivity index (χ4v) is 2.34. The third kappa shape index (κ3) is 3.00. The number of hydrogen-bond donors (Lipinski definition) is 0. The van der Waals surface area contributed by atoms with E-state index in [4.69, 9.17) is 4.74 Å². The van der Waals surface area contributed by atoms with Crippen molar-refractivity contribution in [2.24, 2.45) is 0 Å². The first-order valence-corrected chi connectivity index (χ1v) is 6.54. The lowest BCUT2D eigenvalue weighted by molar-refractivity contribution is -0.121. The van der Waals surface area contributed by atoms with Crippen LogP contribution in [-0.4, -0.2) is 28.9 Å². The Kier molecular flexibility index (Phi) is 4.18.